The number of aryl methyl sites for hydroxylation is 1. The quantitative estimate of drug-likeness (QED) is 0.591. The van der Waals surface area contributed by atoms with E-state index < -0.39 is 0 Å². The van der Waals surface area contributed by atoms with Crippen molar-refractivity contribution < 1.29 is 5.11 Å². The Morgan fingerprint density at radius 3 is 2.44 bits per heavy atom. The van der Waals surface area contributed by atoms with Gasteiger partial charge in [0.1, 0.15) is 5.75 Å². The number of hydrogen-bond donors (Lipinski definition) is 4. The molecule has 0 saturated heterocycles. The summed E-state index contributed by atoms with van der Waals surface area (Å²) in [6.45, 7) is 1.86. The normalized spacial score (nSPS) is 9.39. The second-order valence-electron chi connectivity index (χ2n) is 3.47. The fraction of sp³-hybridized carbons (Fsp3) is 0.0909. The van der Waals surface area contributed by atoms with E-state index in [2.05, 4.69) is 28.7 Å². The Hall–Kier alpha value is -1.86. The van der Waals surface area contributed by atoms with E-state index >= 15 is 0 Å². The van der Waals surface area contributed by atoms with Crippen molar-refractivity contribution in [2.24, 2.45) is 11.5 Å². The van der Waals surface area contributed by atoms with Gasteiger partial charge in [-0.05, 0) is 42.9 Å². The van der Waals surface area contributed by atoms with Gasteiger partial charge in [-0.2, -0.15) is 0 Å². The van der Waals surface area contributed by atoms with Gasteiger partial charge in [0.2, 0.25) is 0 Å². The number of aromatic hydroxyl groups is 1. The first-order valence-electron chi connectivity index (χ1n) is 4.96. The lowest BCUT2D eigenvalue weighted by atomic mass is 10.1. The minimum atomic E-state index is 0.000000000000000222. The van der Waals surface area contributed by atoms with E-state index in [1.807, 2.05) is 24.4 Å². The second-order valence-corrected chi connectivity index (χ2v) is 4.84. The van der Waals surface area contributed by atoms with Gasteiger partial charge in [0, 0.05) is 10.9 Å². The maximum atomic E-state index is 9.35. The van der Waals surface area contributed by atoms with E-state index in [9.17, 15) is 5.11 Å². The zero-order valence-electron chi connectivity index (χ0n) is 9.75. The lowest BCUT2D eigenvalue weighted by Crippen LogP contribution is -2.18. The molecule has 7 N–H and O–H groups in total. The van der Waals surface area contributed by atoms with Crippen molar-refractivity contribution in [3.63, 3.8) is 0 Å². The number of nitrogens with two attached hydrogens (primary N) is 3. The van der Waals surface area contributed by atoms with Crippen LogP contribution in [0, 0.1) is 6.92 Å². The molecule has 2 aromatic rings. The van der Waals surface area contributed by atoms with Gasteiger partial charge in [-0.1, -0.05) is 0 Å². The van der Waals surface area contributed by atoms with Crippen LogP contribution in [0.5, 0.6) is 5.75 Å². The summed E-state index contributed by atoms with van der Waals surface area (Å²) in [5.41, 5.74) is 17.5. The van der Waals surface area contributed by atoms with Gasteiger partial charge >= 0.3 is 0 Å². The van der Waals surface area contributed by atoms with Crippen molar-refractivity contribution >= 4 is 33.8 Å². The SMILES string of the molecule is Cc1cc(-c2csc(N)n2)ccc1O.NC(N)=S. The van der Waals surface area contributed by atoms with Crippen LogP contribution in [-0.2, 0) is 0 Å². The van der Waals surface area contributed by atoms with Gasteiger partial charge < -0.3 is 22.3 Å². The molecule has 0 atom stereocenters. The monoisotopic (exact) mass is 282 g/mol. The molecule has 2 rings (SSSR count). The summed E-state index contributed by atoms with van der Waals surface area (Å²) in [4.78, 5) is 4.17. The van der Waals surface area contributed by atoms with Gasteiger partial charge in [-0.15, -0.1) is 11.3 Å². The number of aromatic nitrogens is 1. The molecular formula is C11H14N4OS2. The van der Waals surface area contributed by atoms with Crippen LogP contribution in [0.15, 0.2) is 23.6 Å². The number of thiocarbonyl (C=S) groups is 1. The molecule has 0 spiro atoms. The highest BCUT2D eigenvalue weighted by atomic mass is 32.1. The molecule has 0 aliphatic rings. The average Bonchev–Trinajstić information content (AvgIpc) is 2.68. The summed E-state index contributed by atoms with van der Waals surface area (Å²) in [7, 11) is 0. The zero-order chi connectivity index (χ0) is 13.7. The Kier molecular flexibility index (Phi) is 4.87. The summed E-state index contributed by atoms with van der Waals surface area (Å²) in [5.74, 6) is 0.303. The Morgan fingerprint density at radius 2 is 2.00 bits per heavy atom. The molecule has 0 unspecified atom stereocenters. The van der Waals surface area contributed by atoms with Crippen LogP contribution in [0.4, 0.5) is 5.13 Å². The molecule has 1 aromatic heterocycles. The number of nitrogen functional groups attached to an aromatic ring is 1. The van der Waals surface area contributed by atoms with E-state index in [0.29, 0.717) is 10.9 Å². The van der Waals surface area contributed by atoms with E-state index in [1.165, 1.54) is 11.3 Å². The maximum absolute atomic E-state index is 9.35. The predicted molar refractivity (Wildman–Crippen MR) is 79.3 cm³/mol. The number of benzene rings is 1. The van der Waals surface area contributed by atoms with Gasteiger partial charge in [-0.3, -0.25) is 0 Å². The van der Waals surface area contributed by atoms with Crippen molar-refractivity contribution in [2.75, 3.05) is 5.73 Å². The molecule has 0 amide bonds. The molecular weight excluding hydrogens is 268 g/mol. The fourth-order valence-corrected chi connectivity index (χ4v) is 1.81. The topological polar surface area (TPSA) is 111 Å². The Labute approximate surface area is 114 Å². The van der Waals surface area contributed by atoms with Gasteiger partial charge in [-0.25, -0.2) is 4.98 Å². The maximum Gasteiger partial charge on any atom is 0.180 e. The lowest BCUT2D eigenvalue weighted by Gasteiger charge is -2.00. The molecule has 0 saturated carbocycles. The van der Waals surface area contributed by atoms with Crippen molar-refractivity contribution in [1.82, 2.24) is 4.98 Å². The summed E-state index contributed by atoms with van der Waals surface area (Å²) < 4.78 is 0. The van der Waals surface area contributed by atoms with E-state index in [0.717, 1.165) is 16.8 Å². The highest BCUT2D eigenvalue weighted by molar-refractivity contribution is 7.80. The molecule has 18 heavy (non-hydrogen) atoms. The van der Waals surface area contributed by atoms with Crippen molar-refractivity contribution in [1.29, 1.82) is 0 Å². The number of phenols is 1. The Morgan fingerprint density at radius 1 is 1.39 bits per heavy atom. The molecule has 7 heteroatoms. The molecule has 0 aliphatic carbocycles. The third-order valence-electron chi connectivity index (χ3n) is 2.01. The average molecular weight is 282 g/mol. The van der Waals surface area contributed by atoms with Crippen LogP contribution in [0.2, 0.25) is 0 Å². The number of thiazole rings is 1. The van der Waals surface area contributed by atoms with Crippen LogP contribution < -0.4 is 17.2 Å². The second kappa shape index (κ2) is 6.18. The third kappa shape index (κ3) is 4.19. The van der Waals surface area contributed by atoms with E-state index in [1.54, 1.807) is 6.07 Å². The number of phenolic OH excluding ortho intramolecular Hbond substituents is 1. The van der Waals surface area contributed by atoms with Crippen molar-refractivity contribution in [3.05, 3.63) is 29.1 Å². The molecule has 0 aliphatic heterocycles. The molecule has 96 valence electrons. The largest absolute Gasteiger partial charge is 0.508 e. The summed E-state index contributed by atoms with van der Waals surface area (Å²) in [5, 5.41) is 11.8. The summed E-state index contributed by atoms with van der Waals surface area (Å²) >= 11 is 5.51. The zero-order valence-corrected chi connectivity index (χ0v) is 11.4. The van der Waals surface area contributed by atoms with Crippen LogP contribution in [-0.4, -0.2) is 15.2 Å². The highest BCUT2D eigenvalue weighted by Gasteiger charge is 2.04. The molecule has 0 fully saturated rings. The Balaban J connectivity index is 0.000000357. The van der Waals surface area contributed by atoms with Crippen LogP contribution in [0.3, 0.4) is 0 Å². The van der Waals surface area contributed by atoms with Gasteiger partial charge in [0.25, 0.3) is 0 Å². The first-order chi connectivity index (χ1) is 8.40. The van der Waals surface area contributed by atoms with Crippen molar-refractivity contribution in [2.45, 2.75) is 6.92 Å². The predicted octanol–water partition coefficient (Wildman–Crippen LogP) is 1.60. The minimum Gasteiger partial charge on any atom is -0.508 e. The smallest absolute Gasteiger partial charge is 0.180 e. The van der Waals surface area contributed by atoms with Crippen LogP contribution >= 0.6 is 23.6 Å². The first-order valence-corrected chi connectivity index (χ1v) is 6.25. The number of hydrogen-bond acceptors (Lipinski definition) is 5. The van der Waals surface area contributed by atoms with Crippen LogP contribution in [0.25, 0.3) is 11.3 Å². The van der Waals surface area contributed by atoms with E-state index in [-0.39, 0.29) is 5.11 Å². The molecule has 1 aromatic carbocycles. The summed E-state index contributed by atoms with van der Waals surface area (Å²) in [6.07, 6.45) is 0. The molecule has 0 radical (unpaired) electrons. The number of anilines is 1. The van der Waals surface area contributed by atoms with E-state index in [4.69, 9.17) is 5.73 Å². The summed E-state index contributed by atoms with van der Waals surface area (Å²) in [6, 6.07) is 5.39. The standard InChI is InChI=1S/C10H10N2OS.CH4N2S/c1-6-4-7(2-3-9(6)13)8-5-14-10(11)12-8;2-1(3)4/h2-5,13H,1H3,(H2,11,12);(H4,2,3,4). The minimum absolute atomic E-state index is 0.000000000000000222. The third-order valence-corrected chi connectivity index (χ3v) is 2.69. The fourth-order valence-electron chi connectivity index (χ4n) is 1.23. The Bertz CT molecular complexity index is 550. The van der Waals surface area contributed by atoms with Gasteiger partial charge in [0.15, 0.2) is 10.2 Å². The molecule has 5 nitrogen and oxygen atoms in total. The van der Waals surface area contributed by atoms with Gasteiger partial charge in [0.05, 0.1) is 5.69 Å². The number of rotatable bonds is 1. The number of nitrogens with zero attached hydrogens (tertiary/aromatic N) is 1. The van der Waals surface area contributed by atoms with Crippen LogP contribution in [0.1, 0.15) is 5.56 Å². The van der Waals surface area contributed by atoms with Crippen molar-refractivity contribution in [3.8, 4) is 17.0 Å². The highest BCUT2D eigenvalue weighted by Crippen LogP contribution is 2.26. The first kappa shape index (κ1) is 14.2. The molecule has 1 heterocycles. The lowest BCUT2D eigenvalue weighted by molar-refractivity contribution is 0.471. The molecule has 0 bridgehead atoms.